The summed E-state index contributed by atoms with van der Waals surface area (Å²) in [5.41, 5.74) is 6.74. The lowest BCUT2D eigenvalue weighted by Gasteiger charge is -2.20. The number of carbonyl (C=O) groups excluding carboxylic acids is 1. The molecular weight excluding hydrogens is 256 g/mol. The van der Waals surface area contributed by atoms with E-state index in [1.54, 1.807) is 11.8 Å². The van der Waals surface area contributed by atoms with Crippen LogP contribution in [0.1, 0.15) is 31.2 Å². The van der Waals surface area contributed by atoms with Crippen LogP contribution in [0.4, 0.5) is 0 Å². The highest BCUT2D eigenvalue weighted by atomic mass is 32.2. The molecule has 0 aliphatic carbocycles. The largest absolute Gasteiger partial charge is 0.342 e. The minimum absolute atomic E-state index is 0.269. The van der Waals surface area contributed by atoms with Crippen molar-refractivity contribution in [3.8, 4) is 0 Å². The highest BCUT2D eigenvalue weighted by molar-refractivity contribution is 8.00. The van der Waals surface area contributed by atoms with Gasteiger partial charge in [0.2, 0.25) is 5.91 Å². The van der Waals surface area contributed by atoms with Gasteiger partial charge in [0.1, 0.15) is 0 Å². The molecule has 1 saturated heterocycles. The molecule has 0 saturated carbocycles. The standard InChI is InChI=1S/C15H22N2OS/c16-11-13-6-5-7-14(10-13)19-12-15(18)17-8-3-1-2-4-9-17/h5-7,10H,1-4,8-9,11-12,16H2. The minimum atomic E-state index is 0.269. The molecule has 1 aromatic rings. The second kappa shape index (κ2) is 7.56. The molecule has 104 valence electrons. The Labute approximate surface area is 119 Å². The summed E-state index contributed by atoms with van der Waals surface area (Å²) in [6.07, 6.45) is 4.82. The number of hydrogen-bond acceptors (Lipinski definition) is 3. The van der Waals surface area contributed by atoms with Crippen LogP contribution in [0.2, 0.25) is 0 Å². The van der Waals surface area contributed by atoms with Crippen LogP contribution in [0, 0.1) is 0 Å². The number of thioether (sulfide) groups is 1. The third-order valence-electron chi connectivity index (χ3n) is 3.46. The molecule has 2 N–H and O–H groups in total. The van der Waals surface area contributed by atoms with Crippen LogP contribution in [-0.4, -0.2) is 29.6 Å². The summed E-state index contributed by atoms with van der Waals surface area (Å²) in [5, 5.41) is 0. The van der Waals surface area contributed by atoms with Gasteiger partial charge in [-0.1, -0.05) is 25.0 Å². The molecule has 1 aliphatic rings. The molecule has 1 amide bonds. The first-order chi connectivity index (χ1) is 9.29. The fourth-order valence-electron chi connectivity index (χ4n) is 2.32. The van der Waals surface area contributed by atoms with E-state index in [0.29, 0.717) is 12.3 Å². The SMILES string of the molecule is NCc1cccc(SCC(=O)N2CCCCCC2)c1. The van der Waals surface area contributed by atoms with Crippen molar-refractivity contribution in [2.45, 2.75) is 37.1 Å². The first kappa shape index (κ1) is 14.4. The molecule has 3 nitrogen and oxygen atoms in total. The molecule has 19 heavy (non-hydrogen) atoms. The number of nitrogens with zero attached hydrogens (tertiary/aromatic N) is 1. The average Bonchev–Trinajstić information content (AvgIpc) is 2.74. The number of nitrogens with two attached hydrogens (primary N) is 1. The van der Waals surface area contributed by atoms with E-state index < -0.39 is 0 Å². The lowest BCUT2D eigenvalue weighted by Crippen LogP contribution is -2.33. The summed E-state index contributed by atoms with van der Waals surface area (Å²) in [7, 11) is 0. The quantitative estimate of drug-likeness (QED) is 0.861. The van der Waals surface area contributed by atoms with E-state index in [9.17, 15) is 4.79 Å². The number of amides is 1. The molecule has 1 aliphatic heterocycles. The molecule has 0 atom stereocenters. The highest BCUT2D eigenvalue weighted by Crippen LogP contribution is 2.20. The molecule has 0 bridgehead atoms. The zero-order valence-corrected chi connectivity index (χ0v) is 12.1. The van der Waals surface area contributed by atoms with Gasteiger partial charge in [0.05, 0.1) is 5.75 Å². The van der Waals surface area contributed by atoms with E-state index in [1.165, 1.54) is 12.8 Å². The monoisotopic (exact) mass is 278 g/mol. The first-order valence-corrected chi connectivity index (χ1v) is 7.98. The Bertz CT molecular complexity index is 414. The van der Waals surface area contributed by atoms with Gasteiger partial charge in [-0.25, -0.2) is 0 Å². The third-order valence-corrected chi connectivity index (χ3v) is 4.43. The van der Waals surface area contributed by atoms with Gasteiger partial charge < -0.3 is 10.6 Å². The maximum Gasteiger partial charge on any atom is 0.232 e. The van der Waals surface area contributed by atoms with Crippen molar-refractivity contribution in [2.75, 3.05) is 18.8 Å². The molecular formula is C15H22N2OS. The van der Waals surface area contributed by atoms with E-state index in [1.807, 2.05) is 23.1 Å². The van der Waals surface area contributed by atoms with Crippen LogP contribution < -0.4 is 5.73 Å². The fraction of sp³-hybridized carbons (Fsp3) is 0.533. The Balaban J connectivity index is 1.84. The lowest BCUT2D eigenvalue weighted by molar-refractivity contribution is -0.128. The maximum absolute atomic E-state index is 12.2. The molecule has 4 heteroatoms. The number of carbonyl (C=O) groups is 1. The van der Waals surface area contributed by atoms with Crippen LogP contribution in [0.25, 0.3) is 0 Å². The predicted octanol–water partition coefficient (Wildman–Crippen LogP) is 2.64. The first-order valence-electron chi connectivity index (χ1n) is 6.99. The van der Waals surface area contributed by atoms with Gasteiger partial charge in [-0.05, 0) is 30.5 Å². The van der Waals surface area contributed by atoms with E-state index in [0.717, 1.165) is 36.4 Å². The number of likely N-dealkylation sites (tertiary alicyclic amines) is 1. The Morgan fingerprint density at radius 1 is 1.21 bits per heavy atom. The second-order valence-electron chi connectivity index (χ2n) is 4.94. The van der Waals surface area contributed by atoms with Crippen molar-refractivity contribution in [1.29, 1.82) is 0 Å². The smallest absolute Gasteiger partial charge is 0.232 e. The Kier molecular flexibility index (Phi) is 5.73. The summed E-state index contributed by atoms with van der Waals surface area (Å²) < 4.78 is 0. The zero-order valence-electron chi connectivity index (χ0n) is 11.3. The molecule has 2 rings (SSSR count). The summed E-state index contributed by atoms with van der Waals surface area (Å²) in [6, 6.07) is 8.13. The van der Waals surface area contributed by atoms with Crippen molar-refractivity contribution in [3.63, 3.8) is 0 Å². The van der Waals surface area contributed by atoms with Crippen molar-refractivity contribution in [1.82, 2.24) is 4.90 Å². The highest BCUT2D eigenvalue weighted by Gasteiger charge is 2.15. The van der Waals surface area contributed by atoms with Crippen molar-refractivity contribution >= 4 is 17.7 Å². The zero-order chi connectivity index (χ0) is 13.5. The Morgan fingerprint density at radius 2 is 1.95 bits per heavy atom. The van der Waals surface area contributed by atoms with Gasteiger partial charge in [-0.3, -0.25) is 4.79 Å². The third kappa shape index (κ3) is 4.55. The van der Waals surface area contributed by atoms with Crippen molar-refractivity contribution in [2.24, 2.45) is 5.73 Å². The molecule has 1 fully saturated rings. The van der Waals surface area contributed by atoms with E-state index >= 15 is 0 Å². The molecule has 0 aromatic heterocycles. The van der Waals surface area contributed by atoms with Gasteiger partial charge in [0.25, 0.3) is 0 Å². The van der Waals surface area contributed by atoms with E-state index in [2.05, 4.69) is 6.07 Å². The number of hydrogen-bond donors (Lipinski definition) is 1. The van der Waals surface area contributed by atoms with Crippen LogP contribution in [0.3, 0.4) is 0 Å². The van der Waals surface area contributed by atoms with Crippen LogP contribution >= 0.6 is 11.8 Å². The van der Waals surface area contributed by atoms with E-state index in [-0.39, 0.29) is 5.91 Å². The molecule has 0 radical (unpaired) electrons. The number of rotatable bonds is 4. The molecule has 1 heterocycles. The maximum atomic E-state index is 12.2. The summed E-state index contributed by atoms with van der Waals surface area (Å²) in [4.78, 5) is 15.3. The molecule has 0 unspecified atom stereocenters. The topological polar surface area (TPSA) is 46.3 Å². The minimum Gasteiger partial charge on any atom is -0.342 e. The number of benzene rings is 1. The Hall–Kier alpha value is -1.00. The second-order valence-corrected chi connectivity index (χ2v) is 5.98. The summed E-state index contributed by atoms with van der Waals surface area (Å²) >= 11 is 1.61. The van der Waals surface area contributed by atoms with Crippen LogP contribution in [0.5, 0.6) is 0 Å². The lowest BCUT2D eigenvalue weighted by atomic mass is 10.2. The summed E-state index contributed by atoms with van der Waals surface area (Å²) in [6.45, 7) is 2.42. The van der Waals surface area contributed by atoms with Gasteiger partial charge >= 0.3 is 0 Å². The van der Waals surface area contributed by atoms with Crippen molar-refractivity contribution in [3.05, 3.63) is 29.8 Å². The van der Waals surface area contributed by atoms with Crippen molar-refractivity contribution < 1.29 is 4.79 Å². The van der Waals surface area contributed by atoms with Crippen LogP contribution in [0.15, 0.2) is 29.2 Å². The molecule has 0 spiro atoms. The normalized spacial score (nSPS) is 16.2. The Morgan fingerprint density at radius 3 is 2.63 bits per heavy atom. The van der Waals surface area contributed by atoms with E-state index in [4.69, 9.17) is 5.73 Å². The predicted molar refractivity (Wildman–Crippen MR) is 80.1 cm³/mol. The van der Waals surface area contributed by atoms with Gasteiger partial charge in [-0.15, -0.1) is 11.8 Å². The molecule has 1 aromatic carbocycles. The average molecular weight is 278 g/mol. The van der Waals surface area contributed by atoms with Gasteiger partial charge in [0, 0.05) is 24.5 Å². The van der Waals surface area contributed by atoms with Crippen LogP contribution in [-0.2, 0) is 11.3 Å². The van der Waals surface area contributed by atoms with Gasteiger partial charge in [-0.2, -0.15) is 0 Å². The fourth-order valence-corrected chi connectivity index (χ4v) is 3.20. The summed E-state index contributed by atoms with van der Waals surface area (Å²) in [5.74, 6) is 0.804. The van der Waals surface area contributed by atoms with Gasteiger partial charge in [0.15, 0.2) is 0 Å².